The Hall–Kier alpha value is -2.89. The SMILES string of the molecule is CC(=O)OC1C(Br)OC(c2ccc(Br)c(C(CC3=CC=CCC3)C3=COC=CO3)c2)C(OC(C)=O)C1OC(C)=O. The molecule has 1 fully saturated rings. The van der Waals surface area contributed by atoms with Gasteiger partial charge in [0.25, 0.3) is 0 Å². The molecule has 0 saturated carbocycles. The van der Waals surface area contributed by atoms with Crippen LogP contribution in [-0.4, -0.2) is 41.2 Å². The number of carbonyl (C=O) groups is 3. The number of ether oxygens (including phenoxy) is 6. The Labute approximate surface area is 249 Å². The van der Waals surface area contributed by atoms with E-state index in [0.717, 1.165) is 22.9 Å². The molecule has 2 aliphatic heterocycles. The molecule has 0 radical (unpaired) electrons. The number of benzene rings is 1. The topological polar surface area (TPSA) is 107 Å². The Kier molecular flexibility index (Phi) is 10.3. The summed E-state index contributed by atoms with van der Waals surface area (Å²) in [5, 5.41) is -0.859. The molecule has 6 unspecified atom stereocenters. The van der Waals surface area contributed by atoms with Crippen molar-refractivity contribution in [2.75, 3.05) is 0 Å². The minimum atomic E-state index is -1.13. The van der Waals surface area contributed by atoms with Gasteiger partial charge in [-0.15, -0.1) is 0 Å². The number of hydrogen-bond donors (Lipinski definition) is 0. The van der Waals surface area contributed by atoms with Crippen LogP contribution in [0.2, 0.25) is 0 Å². The molecule has 40 heavy (non-hydrogen) atoms. The van der Waals surface area contributed by atoms with Gasteiger partial charge in [0, 0.05) is 25.2 Å². The molecule has 6 atom stereocenters. The lowest BCUT2D eigenvalue weighted by molar-refractivity contribution is -0.232. The second-order valence-electron chi connectivity index (χ2n) is 9.51. The van der Waals surface area contributed by atoms with E-state index in [1.54, 1.807) is 6.26 Å². The molecule has 0 N–H and O–H groups in total. The fourth-order valence-corrected chi connectivity index (χ4v) is 6.09. The quantitative estimate of drug-likeness (QED) is 0.182. The van der Waals surface area contributed by atoms with Crippen LogP contribution in [-0.2, 0) is 42.8 Å². The highest BCUT2D eigenvalue weighted by atomic mass is 79.9. The molecule has 0 spiro atoms. The van der Waals surface area contributed by atoms with Crippen LogP contribution in [0, 0.1) is 0 Å². The van der Waals surface area contributed by atoms with Crippen LogP contribution in [0.5, 0.6) is 0 Å². The highest BCUT2D eigenvalue weighted by molar-refractivity contribution is 9.10. The Morgan fingerprint density at radius 1 is 1.00 bits per heavy atom. The molecule has 11 heteroatoms. The van der Waals surface area contributed by atoms with Crippen LogP contribution in [0.1, 0.15) is 63.2 Å². The van der Waals surface area contributed by atoms with Gasteiger partial charge in [0.05, 0.1) is 5.92 Å². The summed E-state index contributed by atoms with van der Waals surface area (Å²) in [6, 6.07) is 5.65. The molecule has 4 rings (SSSR count). The molecule has 9 nitrogen and oxygen atoms in total. The zero-order valence-corrected chi connectivity index (χ0v) is 25.4. The predicted molar refractivity (Wildman–Crippen MR) is 151 cm³/mol. The summed E-state index contributed by atoms with van der Waals surface area (Å²) >= 11 is 7.13. The first-order chi connectivity index (χ1) is 19.1. The van der Waals surface area contributed by atoms with E-state index in [1.165, 1.54) is 38.9 Å². The van der Waals surface area contributed by atoms with E-state index in [2.05, 4.69) is 50.1 Å². The van der Waals surface area contributed by atoms with Crippen LogP contribution in [0.15, 0.2) is 71.0 Å². The van der Waals surface area contributed by atoms with Gasteiger partial charge in [0.15, 0.2) is 23.3 Å². The van der Waals surface area contributed by atoms with Gasteiger partial charge in [0.1, 0.15) is 30.6 Å². The first-order valence-corrected chi connectivity index (χ1v) is 14.5. The fraction of sp³-hybridized carbons (Fsp3) is 0.414. The predicted octanol–water partition coefficient (Wildman–Crippen LogP) is 6.15. The number of esters is 3. The molecule has 2 heterocycles. The largest absolute Gasteiger partial charge is 0.466 e. The first kappa shape index (κ1) is 30.1. The van der Waals surface area contributed by atoms with Gasteiger partial charge in [-0.1, -0.05) is 67.8 Å². The van der Waals surface area contributed by atoms with E-state index in [0.29, 0.717) is 17.7 Å². The minimum Gasteiger partial charge on any atom is -0.466 e. The molecular formula is C29H30Br2O9. The third-order valence-electron chi connectivity index (χ3n) is 6.54. The van der Waals surface area contributed by atoms with Crippen molar-refractivity contribution < 1.29 is 42.8 Å². The minimum absolute atomic E-state index is 0.217. The lowest BCUT2D eigenvalue weighted by Gasteiger charge is -2.43. The van der Waals surface area contributed by atoms with Crippen molar-refractivity contribution >= 4 is 49.8 Å². The second-order valence-corrected chi connectivity index (χ2v) is 11.3. The van der Waals surface area contributed by atoms with E-state index >= 15 is 0 Å². The maximum absolute atomic E-state index is 12.2. The maximum Gasteiger partial charge on any atom is 0.303 e. The number of rotatable bonds is 8. The van der Waals surface area contributed by atoms with Crippen molar-refractivity contribution in [3.8, 4) is 0 Å². The summed E-state index contributed by atoms with van der Waals surface area (Å²) < 4.78 is 35.0. The van der Waals surface area contributed by atoms with Crippen molar-refractivity contribution in [3.63, 3.8) is 0 Å². The summed E-state index contributed by atoms with van der Waals surface area (Å²) in [6.45, 7) is 3.71. The maximum atomic E-state index is 12.2. The fourth-order valence-electron chi connectivity index (χ4n) is 4.92. The van der Waals surface area contributed by atoms with Crippen LogP contribution >= 0.6 is 31.9 Å². The van der Waals surface area contributed by atoms with Crippen molar-refractivity contribution in [1.29, 1.82) is 0 Å². The molecule has 1 aliphatic carbocycles. The molecule has 0 aromatic heterocycles. The van der Waals surface area contributed by atoms with Gasteiger partial charge in [-0.25, -0.2) is 0 Å². The van der Waals surface area contributed by atoms with E-state index in [1.807, 2.05) is 18.2 Å². The van der Waals surface area contributed by atoms with E-state index in [-0.39, 0.29) is 5.92 Å². The standard InChI is InChI=1S/C29H30Br2O9/c1-16(32)37-26-25(40-29(31)28(39-18(3)34)27(26)38-17(2)33)20-9-10-23(30)21(14-20)22(24-15-35-11-12-36-24)13-19-7-5-4-6-8-19/h4-5,7,9-12,14-15,22,25-29H,6,8,13H2,1-3H3. The highest BCUT2D eigenvalue weighted by Crippen LogP contribution is 2.43. The molecule has 0 bridgehead atoms. The zero-order valence-electron chi connectivity index (χ0n) is 22.2. The van der Waals surface area contributed by atoms with E-state index < -0.39 is 47.3 Å². The third-order valence-corrected chi connectivity index (χ3v) is 8.00. The highest BCUT2D eigenvalue weighted by Gasteiger charge is 2.51. The van der Waals surface area contributed by atoms with Gasteiger partial charge >= 0.3 is 17.9 Å². The van der Waals surface area contributed by atoms with Gasteiger partial charge < -0.3 is 28.4 Å². The lowest BCUT2D eigenvalue weighted by atomic mass is 9.85. The number of allylic oxidation sites excluding steroid dienone is 5. The lowest BCUT2D eigenvalue weighted by Crippen LogP contribution is -2.56. The Balaban J connectivity index is 1.76. The third kappa shape index (κ3) is 7.44. The van der Waals surface area contributed by atoms with Gasteiger partial charge in [0.2, 0.25) is 0 Å². The number of halogens is 2. The zero-order chi connectivity index (χ0) is 28.8. The molecule has 0 amide bonds. The second kappa shape index (κ2) is 13.6. The van der Waals surface area contributed by atoms with Crippen LogP contribution < -0.4 is 0 Å². The number of hydrogen-bond acceptors (Lipinski definition) is 9. The smallest absolute Gasteiger partial charge is 0.303 e. The van der Waals surface area contributed by atoms with Crippen molar-refractivity contribution in [3.05, 3.63) is 82.1 Å². The average Bonchev–Trinajstić information content (AvgIpc) is 2.92. The van der Waals surface area contributed by atoms with Gasteiger partial charge in [-0.05, 0) is 36.5 Å². The normalized spacial score (nSPS) is 26.4. The van der Waals surface area contributed by atoms with E-state index in [9.17, 15) is 14.4 Å². The van der Waals surface area contributed by atoms with Gasteiger partial charge in [-0.2, -0.15) is 0 Å². The summed E-state index contributed by atoms with van der Waals surface area (Å²) in [5.74, 6) is -1.43. The van der Waals surface area contributed by atoms with Crippen molar-refractivity contribution in [1.82, 2.24) is 0 Å². The summed E-state index contributed by atoms with van der Waals surface area (Å²) in [7, 11) is 0. The van der Waals surface area contributed by atoms with E-state index in [4.69, 9.17) is 28.4 Å². The van der Waals surface area contributed by atoms with Crippen LogP contribution in [0.25, 0.3) is 0 Å². The van der Waals surface area contributed by atoms with Gasteiger partial charge in [-0.3, -0.25) is 14.4 Å². The molecular weight excluding hydrogens is 652 g/mol. The first-order valence-electron chi connectivity index (χ1n) is 12.8. The molecule has 1 aromatic carbocycles. The van der Waals surface area contributed by atoms with Crippen LogP contribution in [0.3, 0.4) is 0 Å². The van der Waals surface area contributed by atoms with Crippen molar-refractivity contribution in [2.24, 2.45) is 0 Å². The summed E-state index contributed by atoms with van der Waals surface area (Å²) in [6.07, 6.45) is 9.25. The molecule has 1 aromatic rings. The van der Waals surface area contributed by atoms with Crippen LogP contribution in [0.4, 0.5) is 0 Å². The Morgan fingerprint density at radius 3 is 2.33 bits per heavy atom. The van der Waals surface area contributed by atoms with Crippen molar-refractivity contribution in [2.45, 2.75) is 75.4 Å². The molecule has 214 valence electrons. The average molecular weight is 682 g/mol. The number of alkyl halides is 1. The summed E-state index contributed by atoms with van der Waals surface area (Å²) in [5.41, 5.74) is 2.80. The summed E-state index contributed by atoms with van der Waals surface area (Å²) in [4.78, 5) is 36.1. The Morgan fingerprint density at radius 2 is 1.70 bits per heavy atom. The Bertz CT molecular complexity index is 1250. The molecule has 3 aliphatic rings. The molecule has 1 saturated heterocycles. The monoisotopic (exact) mass is 680 g/mol. The number of carbonyl (C=O) groups excluding carboxylic acids is 3.